The fraction of sp³-hybridized carbons (Fsp3) is 0.222. The summed E-state index contributed by atoms with van der Waals surface area (Å²) in [5.41, 5.74) is 1.49. The molecule has 2 rings (SSSR count). The molecule has 0 aliphatic carbocycles. The van der Waals surface area contributed by atoms with Gasteiger partial charge in [0.05, 0.1) is 17.3 Å². The zero-order chi connectivity index (χ0) is 18.1. The summed E-state index contributed by atoms with van der Waals surface area (Å²) in [5.74, 6) is 0.601. The first-order chi connectivity index (χ1) is 12.0. The minimum absolute atomic E-state index is 0.110. The molecule has 0 aliphatic heterocycles. The Morgan fingerprint density at radius 2 is 1.96 bits per heavy atom. The van der Waals surface area contributed by atoms with Gasteiger partial charge in [0, 0.05) is 25.2 Å². The molecule has 0 saturated carbocycles. The van der Waals surface area contributed by atoms with Crippen LogP contribution in [0.1, 0.15) is 13.3 Å². The van der Waals surface area contributed by atoms with Crippen molar-refractivity contribution < 1.29 is 9.53 Å². The Morgan fingerprint density at radius 1 is 1.16 bits per heavy atom. The molecule has 1 amide bonds. The molecule has 0 bridgehead atoms. The van der Waals surface area contributed by atoms with E-state index in [4.69, 9.17) is 28.6 Å². The fourth-order valence-corrected chi connectivity index (χ4v) is 2.46. The molecule has 2 aromatic carbocycles. The van der Waals surface area contributed by atoms with E-state index in [9.17, 15) is 4.79 Å². The maximum atomic E-state index is 11.1. The molecule has 3 N–H and O–H groups in total. The molecule has 0 atom stereocenters. The number of nitrogens with one attached hydrogen (secondary N) is 3. The van der Waals surface area contributed by atoms with Gasteiger partial charge in [-0.15, -0.1) is 0 Å². The minimum atomic E-state index is -0.110. The highest BCUT2D eigenvalue weighted by Crippen LogP contribution is 2.20. The van der Waals surface area contributed by atoms with Crippen molar-refractivity contribution in [2.45, 2.75) is 13.3 Å². The van der Waals surface area contributed by atoms with Crippen molar-refractivity contribution in [1.29, 1.82) is 0 Å². The average Bonchev–Trinajstić information content (AvgIpc) is 2.56. The third-order valence-electron chi connectivity index (χ3n) is 3.15. The highest BCUT2D eigenvalue weighted by molar-refractivity contribution is 7.80. The van der Waals surface area contributed by atoms with E-state index in [0.717, 1.165) is 12.1 Å². The van der Waals surface area contributed by atoms with Crippen molar-refractivity contribution in [3.05, 3.63) is 53.6 Å². The van der Waals surface area contributed by atoms with Gasteiger partial charge in [-0.2, -0.15) is 0 Å². The van der Waals surface area contributed by atoms with Gasteiger partial charge in [-0.25, -0.2) is 0 Å². The highest BCUT2D eigenvalue weighted by Gasteiger charge is 2.02. The summed E-state index contributed by atoms with van der Waals surface area (Å²) < 4.78 is 5.67. The van der Waals surface area contributed by atoms with Gasteiger partial charge < -0.3 is 20.7 Å². The van der Waals surface area contributed by atoms with Gasteiger partial charge in [0.2, 0.25) is 5.91 Å². The molecular formula is C18H20ClN3O2S. The summed E-state index contributed by atoms with van der Waals surface area (Å²) in [6.07, 6.45) is 0.773. The van der Waals surface area contributed by atoms with Crippen LogP contribution in [0.5, 0.6) is 5.75 Å². The van der Waals surface area contributed by atoms with Crippen LogP contribution >= 0.6 is 23.8 Å². The Labute approximate surface area is 157 Å². The number of hydrogen-bond donors (Lipinski definition) is 3. The van der Waals surface area contributed by atoms with Gasteiger partial charge in [0.15, 0.2) is 5.11 Å². The number of benzene rings is 2. The second kappa shape index (κ2) is 9.86. The molecule has 25 heavy (non-hydrogen) atoms. The molecule has 7 heteroatoms. The summed E-state index contributed by atoms with van der Waals surface area (Å²) in [5, 5.41) is 10.0. The fourth-order valence-electron chi connectivity index (χ4n) is 2.06. The Hall–Kier alpha value is -2.31. The lowest BCUT2D eigenvalue weighted by Crippen LogP contribution is -2.30. The van der Waals surface area contributed by atoms with Crippen molar-refractivity contribution >= 4 is 46.2 Å². The van der Waals surface area contributed by atoms with E-state index in [1.54, 1.807) is 12.1 Å². The maximum absolute atomic E-state index is 11.1. The number of ether oxygens (including phenoxy) is 1. The monoisotopic (exact) mass is 377 g/mol. The lowest BCUT2D eigenvalue weighted by Gasteiger charge is -2.12. The second-order valence-corrected chi connectivity index (χ2v) is 6.09. The number of anilines is 2. The van der Waals surface area contributed by atoms with E-state index in [-0.39, 0.29) is 5.91 Å². The second-order valence-electron chi connectivity index (χ2n) is 5.27. The number of halogens is 1. The molecule has 0 aliphatic rings. The van der Waals surface area contributed by atoms with E-state index in [2.05, 4.69) is 16.0 Å². The lowest BCUT2D eigenvalue weighted by atomic mass is 10.3. The topological polar surface area (TPSA) is 62.4 Å². The quantitative estimate of drug-likeness (QED) is 0.502. The van der Waals surface area contributed by atoms with E-state index in [0.29, 0.717) is 34.7 Å². The summed E-state index contributed by atoms with van der Waals surface area (Å²) in [6, 6.07) is 14.7. The molecule has 132 valence electrons. The van der Waals surface area contributed by atoms with E-state index in [1.807, 2.05) is 36.4 Å². The van der Waals surface area contributed by atoms with Crippen molar-refractivity contribution in [2.75, 3.05) is 23.8 Å². The van der Waals surface area contributed by atoms with Crippen molar-refractivity contribution in [1.82, 2.24) is 5.32 Å². The first-order valence-electron chi connectivity index (χ1n) is 7.84. The summed E-state index contributed by atoms with van der Waals surface area (Å²) >= 11 is 11.3. The Bertz CT molecular complexity index is 740. The third-order valence-corrected chi connectivity index (χ3v) is 3.73. The average molecular weight is 378 g/mol. The number of rotatable bonds is 7. The Kier molecular flexibility index (Phi) is 7.50. The normalized spacial score (nSPS) is 10.0. The standard InChI is InChI=1S/C18H20ClN3O2S/c1-13(23)21-14-6-4-7-15(12-14)24-11-5-10-20-18(25)22-17-9-3-2-8-16(17)19/h2-4,6-9,12H,5,10-11H2,1H3,(H,21,23)(H2,20,22,25). The Morgan fingerprint density at radius 3 is 2.72 bits per heavy atom. The smallest absolute Gasteiger partial charge is 0.221 e. The van der Waals surface area contributed by atoms with Gasteiger partial charge in [0.25, 0.3) is 0 Å². The molecule has 0 radical (unpaired) electrons. The summed E-state index contributed by atoms with van der Waals surface area (Å²) in [7, 11) is 0. The van der Waals surface area contributed by atoms with Crippen LogP contribution in [-0.2, 0) is 4.79 Å². The van der Waals surface area contributed by atoms with E-state index in [1.165, 1.54) is 6.92 Å². The first kappa shape index (κ1) is 19.0. The minimum Gasteiger partial charge on any atom is -0.493 e. The largest absolute Gasteiger partial charge is 0.493 e. The summed E-state index contributed by atoms with van der Waals surface area (Å²) in [6.45, 7) is 2.67. The molecule has 0 heterocycles. The van der Waals surface area contributed by atoms with Crippen molar-refractivity contribution in [3.8, 4) is 5.75 Å². The molecule has 0 aromatic heterocycles. The van der Waals surface area contributed by atoms with Crippen LogP contribution in [0, 0.1) is 0 Å². The molecule has 5 nitrogen and oxygen atoms in total. The predicted octanol–water partition coefficient (Wildman–Crippen LogP) is 4.05. The van der Waals surface area contributed by atoms with Crippen LogP contribution < -0.4 is 20.7 Å². The van der Waals surface area contributed by atoms with E-state index < -0.39 is 0 Å². The molecule has 0 fully saturated rings. The highest BCUT2D eigenvalue weighted by atomic mass is 35.5. The number of carbonyl (C=O) groups is 1. The third kappa shape index (κ3) is 6.99. The van der Waals surface area contributed by atoms with Crippen molar-refractivity contribution in [3.63, 3.8) is 0 Å². The first-order valence-corrected chi connectivity index (χ1v) is 8.63. The van der Waals surface area contributed by atoms with Gasteiger partial charge in [0.1, 0.15) is 5.75 Å². The van der Waals surface area contributed by atoms with Crippen LogP contribution in [0.15, 0.2) is 48.5 Å². The predicted molar refractivity (Wildman–Crippen MR) is 107 cm³/mol. The molecular weight excluding hydrogens is 358 g/mol. The van der Waals surface area contributed by atoms with Crippen LogP contribution in [0.2, 0.25) is 5.02 Å². The molecule has 0 spiro atoms. The van der Waals surface area contributed by atoms with Gasteiger partial charge in [-0.1, -0.05) is 29.8 Å². The lowest BCUT2D eigenvalue weighted by molar-refractivity contribution is -0.114. The van der Waals surface area contributed by atoms with Gasteiger partial charge in [-0.3, -0.25) is 4.79 Å². The van der Waals surface area contributed by atoms with Crippen LogP contribution in [0.3, 0.4) is 0 Å². The van der Waals surface area contributed by atoms with Crippen LogP contribution in [-0.4, -0.2) is 24.2 Å². The molecule has 2 aromatic rings. The molecule has 0 saturated heterocycles. The zero-order valence-corrected chi connectivity index (χ0v) is 15.4. The number of hydrogen-bond acceptors (Lipinski definition) is 3. The van der Waals surface area contributed by atoms with Crippen LogP contribution in [0.25, 0.3) is 0 Å². The zero-order valence-electron chi connectivity index (χ0n) is 13.8. The number of thiocarbonyl (C=S) groups is 1. The number of carbonyl (C=O) groups excluding carboxylic acids is 1. The van der Waals surface area contributed by atoms with Crippen molar-refractivity contribution in [2.24, 2.45) is 0 Å². The SMILES string of the molecule is CC(=O)Nc1cccc(OCCCNC(=S)Nc2ccccc2Cl)c1. The summed E-state index contributed by atoms with van der Waals surface area (Å²) in [4.78, 5) is 11.1. The van der Waals surface area contributed by atoms with E-state index >= 15 is 0 Å². The van der Waals surface area contributed by atoms with Gasteiger partial charge in [-0.05, 0) is 42.9 Å². The maximum Gasteiger partial charge on any atom is 0.221 e. The van der Waals surface area contributed by atoms with Gasteiger partial charge >= 0.3 is 0 Å². The number of para-hydroxylation sites is 1. The Balaban J connectivity index is 1.67. The number of amides is 1. The molecule has 0 unspecified atom stereocenters. The van der Waals surface area contributed by atoms with Crippen LogP contribution in [0.4, 0.5) is 11.4 Å².